The van der Waals surface area contributed by atoms with E-state index in [-0.39, 0.29) is 5.78 Å². The van der Waals surface area contributed by atoms with Gasteiger partial charge in [0.25, 0.3) is 0 Å². The number of ketones is 1. The number of alkyl carbamates (subject to hydrolysis) is 1. The van der Waals surface area contributed by atoms with Crippen LogP contribution in [-0.4, -0.2) is 31.0 Å². The van der Waals surface area contributed by atoms with Crippen molar-refractivity contribution in [2.24, 2.45) is 0 Å². The molecule has 0 aliphatic rings. The van der Waals surface area contributed by atoms with E-state index < -0.39 is 23.5 Å². The molecule has 0 radical (unpaired) electrons. The number of esters is 1. The highest BCUT2D eigenvalue weighted by molar-refractivity contribution is 6.03. The summed E-state index contributed by atoms with van der Waals surface area (Å²) in [7, 11) is 1.23. The lowest BCUT2D eigenvalue weighted by molar-refractivity contribution is -0.136. The van der Waals surface area contributed by atoms with Crippen LogP contribution >= 0.6 is 0 Å². The first-order valence-electron chi connectivity index (χ1n) is 10.6. The van der Waals surface area contributed by atoms with Gasteiger partial charge in [0.05, 0.1) is 7.11 Å². The monoisotopic (exact) mass is 435 g/mol. The Kier molecular flexibility index (Phi) is 6.53. The molecule has 1 N–H and O–H groups in total. The lowest BCUT2D eigenvalue weighted by Gasteiger charge is -2.29. The van der Waals surface area contributed by atoms with Gasteiger partial charge >= 0.3 is 12.1 Å². The number of Topliss-reactive ketones (excluding diaryl/α,β-unsaturated/α-hetero) is 1. The van der Waals surface area contributed by atoms with Crippen LogP contribution in [0.3, 0.4) is 0 Å². The number of ether oxygens (including phenoxy) is 2. The number of methoxy groups -OCH3 is 1. The second-order valence-electron chi connectivity index (χ2n) is 8.86. The highest BCUT2D eigenvalue weighted by Gasteiger charge is 2.31. The number of hydrogen-bond donors (Lipinski definition) is 1. The van der Waals surface area contributed by atoms with Crippen LogP contribution in [0.4, 0.5) is 4.79 Å². The SMILES string of the molecule is COC(=O)NC(C)C(=O)Oc1c(C(C)(C)CC(C)=O)c(C)cc2cc3ccccc3cc12. The summed E-state index contributed by atoms with van der Waals surface area (Å²) in [6.07, 6.45) is -0.417. The minimum atomic E-state index is -0.915. The standard InChI is InChI=1S/C26H29NO5/c1-15-11-20-12-18-9-7-8-10-19(18)13-21(20)23(22(15)26(4,5)14-16(2)28)32-24(29)17(3)27-25(30)31-6/h7-13,17H,14H2,1-6H3,(H,27,30). The molecule has 0 heterocycles. The first-order chi connectivity index (χ1) is 15.0. The average molecular weight is 436 g/mol. The molecule has 0 aliphatic heterocycles. The molecule has 0 spiro atoms. The van der Waals surface area contributed by atoms with Crippen LogP contribution in [-0.2, 0) is 19.7 Å². The highest BCUT2D eigenvalue weighted by atomic mass is 16.5. The van der Waals surface area contributed by atoms with Crippen molar-refractivity contribution in [2.75, 3.05) is 7.11 Å². The number of carbonyl (C=O) groups is 3. The van der Waals surface area contributed by atoms with Crippen LogP contribution in [0.25, 0.3) is 21.5 Å². The third kappa shape index (κ3) is 4.74. The van der Waals surface area contributed by atoms with Gasteiger partial charge in [0.1, 0.15) is 17.6 Å². The van der Waals surface area contributed by atoms with Crippen LogP contribution in [0.5, 0.6) is 5.75 Å². The molecule has 0 aliphatic carbocycles. The van der Waals surface area contributed by atoms with E-state index in [4.69, 9.17) is 4.74 Å². The molecule has 3 aromatic carbocycles. The molecule has 3 aromatic rings. The first-order valence-corrected chi connectivity index (χ1v) is 10.6. The molecule has 6 heteroatoms. The van der Waals surface area contributed by atoms with E-state index in [1.165, 1.54) is 14.0 Å². The maximum absolute atomic E-state index is 12.9. The zero-order valence-electron chi connectivity index (χ0n) is 19.4. The van der Waals surface area contributed by atoms with E-state index in [2.05, 4.69) is 22.2 Å². The van der Waals surface area contributed by atoms with E-state index in [1.807, 2.05) is 51.1 Å². The number of hydrogen-bond acceptors (Lipinski definition) is 5. The van der Waals surface area contributed by atoms with Gasteiger partial charge in [-0.3, -0.25) is 4.79 Å². The van der Waals surface area contributed by atoms with Crippen molar-refractivity contribution in [1.82, 2.24) is 5.32 Å². The van der Waals surface area contributed by atoms with Crippen LogP contribution in [0, 0.1) is 6.92 Å². The van der Waals surface area contributed by atoms with Crippen molar-refractivity contribution in [3.8, 4) is 5.75 Å². The van der Waals surface area contributed by atoms with Gasteiger partial charge in [-0.15, -0.1) is 0 Å². The van der Waals surface area contributed by atoms with Crippen LogP contribution in [0.2, 0.25) is 0 Å². The Labute approximate surface area is 187 Å². The summed E-state index contributed by atoms with van der Waals surface area (Å²) in [4.78, 5) is 36.5. The summed E-state index contributed by atoms with van der Waals surface area (Å²) in [6, 6.07) is 13.2. The van der Waals surface area contributed by atoms with Crippen LogP contribution in [0.15, 0.2) is 42.5 Å². The second-order valence-corrected chi connectivity index (χ2v) is 8.86. The molecule has 0 saturated heterocycles. The second kappa shape index (κ2) is 8.99. The predicted octanol–water partition coefficient (Wildman–Crippen LogP) is 5.21. The Morgan fingerprint density at radius 2 is 1.66 bits per heavy atom. The molecule has 0 fully saturated rings. The van der Waals surface area contributed by atoms with Crippen molar-refractivity contribution in [1.29, 1.82) is 0 Å². The number of carbonyl (C=O) groups excluding carboxylic acids is 3. The fourth-order valence-electron chi connectivity index (χ4n) is 4.33. The fourth-order valence-corrected chi connectivity index (χ4v) is 4.33. The van der Waals surface area contributed by atoms with Gasteiger partial charge < -0.3 is 14.8 Å². The smallest absolute Gasteiger partial charge is 0.407 e. The van der Waals surface area contributed by atoms with Crippen molar-refractivity contribution in [2.45, 2.75) is 52.5 Å². The number of nitrogens with one attached hydrogen (secondary N) is 1. The van der Waals surface area contributed by atoms with Gasteiger partial charge in [-0.1, -0.05) is 44.2 Å². The van der Waals surface area contributed by atoms with E-state index in [0.29, 0.717) is 12.2 Å². The summed E-state index contributed by atoms with van der Waals surface area (Å²) in [5, 5.41) is 6.24. The summed E-state index contributed by atoms with van der Waals surface area (Å²) in [5.41, 5.74) is 1.16. The number of aryl methyl sites for hydroxylation is 1. The Bertz CT molecular complexity index is 1210. The number of rotatable bonds is 6. The molecular formula is C26H29NO5. The van der Waals surface area contributed by atoms with Gasteiger partial charge in [0.15, 0.2) is 0 Å². The lowest BCUT2D eigenvalue weighted by Crippen LogP contribution is -2.41. The summed E-state index contributed by atoms with van der Waals surface area (Å²) in [6.45, 7) is 8.99. The van der Waals surface area contributed by atoms with Crippen molar-refractivity contribution >= 4 is 39.4 Å². The van der Waals surface area contributed by atoms with E-state index >= 15 is 0 Å². The minimum absolute atomic E-state index is 0.0472. The molecule has 168 valence electrons. The van der Waals surface area contributed by atoms with Crippen molar-refractivity contribution in [3.05, 3.63) is 53.6 Å². The van der Waals surface area contributed by atoms with E-state index in [0.717, 1.165) is 32.7 Å². The number of amides is 1. The number of fused-ring (bicyclic) bond motifs is 2. The van der Waals surface area contributed by atoms with E-state index in [9.17, 15) is 14.4 Å². The molecule has 1 atom stereocenters. The van der Waals surface area contributed by atoms with Gasteiger partial charge in [0, 0.05) is 22.8 Å². The summed E-state index contributed by atoms with van der Waals surface area (Å²) < 4.78 is 10.5. The molecule has 6 nitrogen and oxygen atoms in total. The molecule has 0 bridgehead atoms. The predicted molar refractivity (Wildman–Crippen MR) is 125 cm³/mol. The highest BCUT2D eigenvalue weighted by Crippen LogP contribution is 2.43. The van der Waals surface area contributed by atoms with Gasteiger partial charge in [-0.25, -0.2) is 9.59 Å². The zero-order chi connectivity index (χ0) is 23.6. The van der Waals surface area contributed by atoms with E-state index in [1.54, 1.807) is 6.92 Å². The van der Waals surface area contributed by atoms with Crippen LogP contribution in [0.1, 0.15) is 45.2 Å². The molecule has 3 rings (SSSR count). The maximum atomic E-state index is 12.9. The normalized spacial score (nSPS) is 12.4. The minimum Gasteiger partial charge on any atom is -0.453 e. The van der Waals surface area contributed by atoms with Crippen molar-refractivity contribution in [3.63, 3.8) is 0 Å². The van der Waals surface area contributed by atoms with Gasteiger partial charge in [-0.05, 0) is 54.6 Å². The zero-order valence-corrected chi connectivity index (χ0v) is 19.4. The Balaban J connectivity index is 2.23. The third-order valence-electron chi connectivity index (χ3n) is 5.60. The topological polar surface area (TPSA) is 81.7 Å². The largest absolute Gasteiger partial charge is 0.453 e. The summed E-state index contributed by atoms with van der Waals surface area (Å²) in [5.74, 6) is -0.151. The molecule has 0 aromatic heterocycles. The first kappa shape index (κ1) is 23.3. The fraction of sp³-hybridized carbons (Fsp3) is 0.346. The Morgan fingerprint density at radius 3 is 2.25 bits per heavy atom. The molecule has 1 amide bonds. The molecular weight excluding hydrogens is 406 g/mol. The molecule has 0 saturated carbocycles. The summed E-state index contributed by atoms with van der Waals surface area (Å²) >= 11 is 0. The number of benzene rings is 3. The third-order valence-corrected chi connectivity index (χ3v) is 5.60. The maximum Gasteiger partial charge on any atom is 0.407 e. The Morgan fingerprint density at radius 1 is 1.03 bits per heavy atom. The Hall–Kier alpha value is -3.41. The van der Waals surface area contributed by atoms with Gasteiger partial charge in [0.2, 0.25) is 0 Å². The lowest BCUT2D eigenvalue weighted by atomic mass is 9.76. The average Bonchev–Trinajstić information content (AvgIpc) is 2.70. The molecule has 32 heavy (non-hydrogen) atoms. The van der Waals surface area contributed by atoms with Gasteiger partial charge in [-0.2, -0.15) is 0 Å². The van der Waals surface area contributed by atoms with Crippen LogP contribution < -0.4 is 10.1 Å². The van der Waals surface area contributed by atoms with Crippen molar-refractivity contribution < 1.29 is 23.9 Å². The quantitative estimate of drug-likeness (QED) is 0.327. The molecule has 1 unspecified atom stereocenters.